The van der Waals surface area contributed by atoms with E-state index in [1.807, 2.05) is 0 Å². The van der Waals surface area contributed by atoms with Crippen LogP contribution in [-0.2, 0) is 0 Å². The Hall–Kier alpha value is 0.0249. The van der Waals surface area contributed by atoms with Crippen molar-refractivity contribution in [1.29, 1.82) is 0 Å². The van der Waals surface area contributed by atoms with Gasteiger partial charge in [0.25, 0.3) is 0 Å². The zero-order chi connectivity index (χ0) is 11.5. The van der Waals surface area contributed by atoms with Crippen LogP contribution in [0.15, 0.2) is 0 Å². The first-order valence-corrected chi connectivity index (χ1v) is 7.64. The molecule has 0 saturated heterocycles. The molecule has 0 atom stereocenters. The standard InChI is InChI=1S/C14H30BN/c1-2-3-10-13-16-15-14-11-8-6-4-5-7-9-12-14/h14-16H,2-13H2,1H3. The van der Waals surface area contributed by atoms with E-state index in [-0.39, 0.29) is 0 Å². The zero-order valence-corrected chi connectivity index (χ0v) is 11.3. The summed E-state index contributed by atoms with van der Waals surface area (Å²) in [7, 11) is 1.28. The molecule has 0 aromatic heterocycles. The number of hydrogen-bond donors (Lipinski definition) is 1. The summed E-state index contributed by atoms with van der Waals surface area (Å²) in [5.74, 6) is 0.972. The molecule has 0 aliphatic heterocycles. The maximum atomic E-state index is 3.66. The first-order chi connectivity index (χ1) is 7.93. The van der Waals surface area contributed by atoms with E-state index in [0.29, 0.717) is 0 Å². The van der Waals surface area contributed by atoms with Gasteiger partial charge in [-0.3, -0.25) is 0 Å². The number of rotatable bonds is 6. The molecule has 1 nitrogen and oxygen atoms in total. The van der Waals surface area contributed by atoms with E-state index in [4.69, 9.17) is 0 Å². The largest absolute Gasteiger partial charge is 0.358 e. The Morgan fingerprint density at radius 1 is 0.938 bits per heavy atom. The molecule has 16 heavy (non-hydrogen) atoms. The maximum absolute atomic E-state index is 3.66. The van der Waals surface area contributed by atoms with Gasteiger partial charge in [-0.15, -0.1) is 0 Å². The van der Waals surface area contributed by atoms with Crippen LogP contribution in [0.2, 0.25) is 5.82 Å². The first kappa shape index (κ1) is 14.1. The quantitative estimate of drug-likeness (QED) is 0.529. The van der Waals surface area contributed by atoms with E-state index in [0.717, 1.165) is 5.82 Å². The van der Waals surface area contributed by atoms with Gasteiger partial charge in [0.1, 0.15) is 0 Å². The molecule has 94 valence electrons. The van der Waals surface area contributed by atoms with Crippen molar-refractivity contribution in [3.8, 4) is 0 Å². The van der Waals surface area contributed by atoms with Gasteiger partial charge in [-0.1, -0.05) is 76.9 Å². The van der Waals surface area contributed by atoms with Crippen LogP contribution in [-0.4, -0.2) is 14.0 Å². The van der Waals surface area contributed by atoms with E-state index in [1.54, 1.807) is 0 Å². The van der Waals surface area contributed by atoms with Gasteiger partial charge in [0.15, 0.2) is 0 Å². The molecule has 1 N–H and O–H groups in total. The van der Waals surface area contributed by atoms with Gasteiger partial charge >= 0.3 is 0 Å². The van der Waals surface area contributed by atoms with Gasteiger partial charge in [-0.25, -0.2) is 0 Å². The Bertz CT molecular complexity index is 140. The minimum Gasteiger partial charge on any atom is -0.358 e. The van der Waals surface area contributed by atoms with Crippen molar-refractivity contribution >= 4 is 7.41 Å². The maximum Gasteiger partial charge on any atom is 0.204 e. The summed E-state index contributed by atoms with van der Waals surface area (Å²) in [6, 6.07) is 0. The molecule has 1 aliphatic carbocycles. The molecule has 1 saturated carbocycles. The second kappa shape index (κ2) is 10.2. The molecule has 0 bridgehead atoms. The van der Waals surface area contributed by atoms with Crippen LogP contribution in [0.4, 0.5) is 0 Å². The van der Waals surface area contributed by atoms with Crippen molar-refractivity contribution in [2.24, 2.45) is 0 Å². The lowest BCUT2D eigenvalue weighted by atomic mass is 9.70. The Labute approximate surface area is 103 Å². The van der Waals surface area contributed by atoms with Gasteiger partial charge < -0.3 is 5.23 Å². The molecule has 0 unspecified atom stereocenters. The highest BCUT2D eigenvalue weighted by atomic mass is 14.7. The summed E-state index contributed by atoms with van der Waals surface area (Å²) in [5, 5.41) is 3.66. The average Bonchev–Trinajstić information content (AvgIpc) is 2.42. The molecule has 0 radical (unpaired) electrons. The van der Waals surface area contributed by atoms with E-state index in [1.165, 1.54) is 84.6 Å². The summed E-state index contributed by atoms with van der Waals surface area (Å²) in [6.45, 7) is 3.52. The van der Waals surface area contributed by atoms with Crippen LogP contribution in [0.1, 0.15) is 77.6 Å². The molecule has 1 aliphatic rings. The third-order valence-corrected chi connectivity index (χ3v) is 3.86. The van der Waals surface area contributed by atoms with Crippen LogP contribution in [0.5, 0.6) is 0 Å². The second-order valence-corrected chi connectivity index (χ2v) is 5.48. The fourth-order valence-electron chi connectivity index (χ4n) is 2.73. The molecular weight excluding hydrogens is 193 g/mol. The van der Waals surface area contributed by atoms with Crippen molar-refractivity contribution in [2.75, 3.05) is 6.54 Å². The second-order valence-electron chi connectivity index (χ2n) is 5.48. The SMILES string of the molecule is CCCCCNBC1CCCCCCCC1. The lowest BCUT2D eigenvalue weighted by Crippen LogP contribution is -2.25. The molecule has 0 heterocycles. The lowest BCUT2D eigenvalue weighted by Gasteiger charge is -2.14. The molecule has 0 spiro atoms. The lowest BCUT2D eigenvalue weighted by molar-refractivity contribution is 0.607. The van der Waals surface area contributed by atoms with Crippen LogP contribution in [0.3, 0.4) is 0 Å². The Balaban J connectivity index is 2.03. The Kier molecular flexibility index (Phi) is 8.98. The molecule has 1 rings (SSSR count). The van der Waals surface area contributed by atoms with E-state index in [2.05, 4.69) is 12.2 Å². The van der Waals surface area contributed by atoms with Crippen molar-refractivity contribution in [2.45, 2.75) is 83.4 Å². The first-order valence-electron chi connectivity index (χ1n) is 7.64. The third-order valence-electron chi connectivity index (χ3n) is 3.86. The summed E-state index contributed by atoms with van der Waals surface area (Å²) < 4.78 is 0. The highest BCUT2D eigenvalue weighted by molar-refractivity contribution is 6.34. The van der Waals surface area contributed by atoms with E-state index in [9.17, 15) is 0 Å². The molecule has 1 fully saturated rings. The third kappa shape index (κ3) is 7.32. The van der Waals surface area contributed by atoms with Crippen LogP contribution in [0, 0.1) is 0 Å². The fraction of sp³-hybridized carbons (Fsp3) is 1.00. The van der Waals surface area contributed by atoms with Crippen LogP contribution in [0.25, 0.3) is 0 Å². The predicted octanol–water partition coefficient (Wildman–Crippen LogP) is 4.04. The fourth-order valence-corrected chi connectivity index (χ4v) is 2.73. The number of hydrogen-bond acceptors (Lipinski definition) is 1. The summed E-state index contributed by atoms with van der Waals surface area (Å²) >= 11 is 0. The normalized spacial score (nSPS) is 19.8. The predicted molar refractivity (Wildman–Crippen MR) is 75.4 cm³/mol. The summed E-state index contributed by atoms with van der Waals surface area (Å²) in [4.78, 5) is 0. The molecular formula is C14H30BN. The zero-order valence-electron chi connectivity index (χ0n) is 11.3. The number of unbranched alkanes of at least 4 members (excludes halogenated alkanes) is 2. The highest BCUT2D eigenvalue weighted by Gasteiger charge is 2.11. The Morgan fingerprint density at radius 3 is 2.19 bits per heavy atom. The minimum atomic E-state index is 0.972. The Morgan fingerprint density at radius 2 is 1.56 bits per heavy atom. The van der Waals surface area contributed by atoms with Crippen LogP contribution < -0.4 is 5.23 Å². The van der Waals surface area contributed by atoms with Gasteiger partial charge in [0.05, 0.1) is 0 Å². The summed E-state index contributed by atoms with van der Waals surface area (Å²) in [6.07, 6.45) is 15.9. The van der Waals surface area contributed by atoms with Crippen molar-refractivity contribution in [3.05, 3.63) is 0 Å². The van der Waals surface area contributed by atoms with Crippen LogP contribution >= 0.6 is 0 Å². The van der Waals surface area contributed by atoms with E-state index >= 15 is 0 Å². The van der Waals surface area contributed by atoms with Gasteiger partial charge in [0.2, 0.25) is 7.41 Å². The van der Waals surface area contributed by atoms with E-state index < -0.39 is 0 Å². The number of nitrogens with one attached hydrogen (secondary N) is 1. The monoisotopic (exact) mass is 223 g/mol. The molecule has 2 heteroatoms. The van der Waals surface area contributed by atoms with Gasteiger partial charge in [0, 0.05) is 0 Å². The highest BCUT2D eigenvalue weighted by Crippen LogP contribution is 2.24. The van der Waals surface area contributed by atoms with Crippen molar-refractivity contribution in [3.63, 3.8) is 0 Å². The smallest absolute Gasteiger partial charge is 0.204 e. The molecule has 0 aromatic rings. The minimum absolute atomic E-state index is 0.972. The molecule has 0 amide bonds. The van der Waals surface area contributed by atoms with Gasteiger partial charge in [-0.2, -0.15) is 0 Å². The van der Waals surface area contributed by atoms with Crippen molar-refractivity contribution in [1.82, 2.24) is 5.23 Å². The topological polar surface area (TPSA) is 12.0 Å². The average molecular weight is 223 g/mol. The van der Waals surface area contributed by atoms with Crippen molar-refractivity contribution < 1.29 is 0 Å². The molecule has 0 aromatic carbocycles. The van der Waals surface area contributed by atoms with Gasteiger partial charge in [-0.05, 0) is 13.0 Å². The summed E-state index contributed by atoms with van der Waals surface area (Å²) in [5.41, 5.74) is 0.